The van der Waals surface area contributed by atoms with Gasteiger partial charge in [0.15, 0.2) is 0 Å². The normalized spacial score (nSPS) is 12.9. The Morgan fingerprint density at radius 3 is 1.52 bits per heavy atom. The summed E-state index contributed by atoms with van der Waals surface area (Å²) in [6, 6.07) is 89.6. The summed E-state index contributed by atoms with van der Waals surface area (Å²) in [5, 5.41) is 5.01. The van der Waals surface area contributed by atoms with Gasteiger partial charge in [0.1, 0.15) is 0 Å². The predicted octanol–water partition coefficient (Wildman–Crippen LogP) is 15.6. The number of hydrogen-bond acceptors (Lipinski definition) is 0. The van der Waals surface area contributed by atoms with Gasteiger partial charge < -0.3 is 9.13 Å². The highest BCUT2D eigenvalue weighted by Crippen LogP contribution is 2.59. The molecular weight excluding hydrogens is 761 g/mol. The molecule has 13 rings (SSSR count). The zero-order valence-corrected chi connectivity index (χ0v) is 34.5. The summed E-state index contributed by atoms with van der Waals surface area (Å²) in [5.74, 6) is 0. The number of aromatic nitrogens is 2. The van der Waals surface area contributed by atoms with E-state index in [2.05, 4.69) is 252 Å². The highest BCUT2D eigenvalue weighted by atomic mass is 15.0. The third-order valence-corrected chi connectivity index (χ3v) is 13.6. The molecule has 2 heterocycles. The van der Waals surface area contributed by atoms with Crippen molar-refractivity contribution in [1.29, 1.82) is 0 Å². The van der Waals surface area contributed by atoms with Crippen molar-refractivity contribution in [3.05, 3.63) is 265 Å². The SMILES string of the molecule is c1ccc(-c2cccc(-n3c4ccc(-c5ccc6c(c5)c5ccccc5n6-c5ccccc5)cc4c4c5c(ccc43)C(c3ccccc3)(c3ccccc3)c3ccccc3-5)c2)cc1. The molecule has 1 aliphatic rings. The number of rotatable bonds is 6. The molecule has 0 radical (unpaired) electrons. The molecule has 12 aromatic rings. The van der Waals surface area contributed by atoms with Crippen LogP contribution < -0.4 is 0 Å². The average Bonchev–Trinajstić information content (AvgIpc) is 3.99. The van der Waals surface area contributed by atoms with Crippen molar-refractivity contribution in [2.24, 2.45) is 0 Å². The minimum atomic E-state index is -0.500. The van der Waals surface area contributed by atoms with Gasteiger partial charge in [-0.3, -0.25) is 0 Å². The van der Waals surface area contributed by atoms with E-state index in [0.717, 1.165) is 5.69 Å². The lowest BCUT2D eigenvalue weighted by molar-refractivity contribution is 0.769. The third-order valence-electron chi connectivity index (χ3n) is 13.6. The third kappa shape index (κ3) is 5.19. The first-order valence-electron chi connectivity index (χ1n) is 21.8. The van der Waals surface area contributed by atoms with E-state index in [1.54, 1.807) is 0 Å². The van der Waals surface area contributed by atoms with Crippen molar-refractivity contribution in [1.82, 2.24) is 9.13 Å². The zero-order valence-electron chi connectivity index (χ0n) is 34.5. The first-order chi connectivity index (χ1) is 31.3. The first kappa shape index (κ1) is 35.5. The Hall–Kier alpha value is -8.20. The molecule has 0 amide bonds. The number of hydrogen-bond donors (Lipinski definition) is 0. The number of benzene rings is 10. The van der Waals surface area contributed by atoms with Gasteiger partial charge in [0.05, 0.1) is 27.5 Å². The van der Waals surface area contributed by atoms with Gasteiger partial charge in [-0.15, -0.1) is 0 Å². The van der Waals surface area contributed by atoms with Crippen LogP contribution in [-0.2, 0) is 5.41 Å². The van der Waals surface area contributed by atoms with Gasteiger partial charge in [-0.25, -0.2) is 0 Å². The van der Waals surface area contributed by atoms with Crippen molar-refractivity contribution in [3.63, 3.8) is 0 Å². The second-order valence-electron chi connectivity index (χ2n) is 16.8. The van der Waals surface area contributed by atoms with Gasteiger partial charge in [0, 0.05) is 32.9 Å². The Balaban J connectivity index is 1.12. The molecule has 0 unspecified atom stereocenters. The fourth-order valence-corrected chi connectivity index (χ4v) is 11.0. The molecule has 0 fully saturated rings. The van der Waals surface area contributed by atoms with Crippen molar-refractivity contribution >= 4 is 43.6 Å². The maximum Gasteiger partial charge on any atom is 0.0713 e. The minimum absolute atomic E-state index is 0.500. The van der Waals surface area contributed by atoms with Gasteiger partial charge in [0.2, 0.25) is 0 Å². The Morgan fingerprint density at radius 1 is 0.286 bits per heavy atom. The van der Waals surface area contributed by atoms with Crippen LogP contribution in [0.3, 0.4) is 0 Å². The van der Waals surface area contributed by atoms with E-state index in [1.165, 1.54) is 105 Å². The van der Waals surface area contributed by atoms with Gasteiger partial charge >= 0.3 is 0 Å². The van der Waals surface area contributed by atoms with E-state index in [1.807, 2.05) is 0 Å². The predicted molar refractivity (Wildman–Crippen MR) is 263 cm³/mol. The fraction of sp³-hybridized carbons (Fsp3) is 0.0164. The quantitative estimate of drug-likeness (QED) is 0.159. The Kier molecular flexibility index (Phi) is 7.85. The molecule has 0 saturated carbocycles. The van der Waals surface area contributed by atoms with Gasteiger partial charge in [-0.05, 0) is 116 Å². The van der Waals surface area contributed by atoms with E-state index in [-0.39, 0.29) is 0 Å². The van der Waals surface area contributed by atoms with Crippen molar-refractivity contribution in [2.45, 2.75) is 5.41 Å². The largest absolute Gasteiger partial charge is 0.309 e. The molecule has 2 heteroatoms. The van der Waals surface area contributed by atoms with E-state index in [4.69, 9.17) is 0 Å². The number of nitrogens with zero attached hydrogens (tertiary/aromatic N) is 2. The van der Waals surface area contributed by atoms with Crippen molar-refractivity contribution < 1.29 is 0 Å². The highest BCUT2D eigenvalue weighted by Gasteiger charge is 2.47. The lowest BCUT2D eigenvalue weighted by atomic mass is 9.67. The molecule has 63 heavy (non-hydrogen) atoms. The summed E-state index contributed by atoms with van der Waals surface area (Å²) in [5.41, 5.74) is 19.1. The molecule has 2 aromatic heterocycles. The standard InChI is InChI=1S/C61H40N2/c1-5-18-41(19-6-1)42-20-17-27-48(38-42)63-57-36-33-44(43-32-35-56-51(39-43)49-28-14-16-31-55(49)62(56)47-25-11-4-12-26-47)40-52(57)60-58(63)37-34-54-59(60)50-29-13-15-30-53(50)61(54,45-21-7-2-8-22-45)46-23-9-3-10-24-46/h1-40H. The van der Waals surface area contributed by atoms with Gasteiger partial charge in [0.25, 0.3) is 0 Å². The molecule has 1 aliphatic carbocycles. The maximum absolute atomic E-state index is 2.49. The molecule has 0 atom stereocenters. The summed E-state index contributed by atoms with van der Waals surface area (Å²) < 4.78 is 4.88. The fourth-order valence-electron chi connectivity index (χ4n) is 11.0. The molecule has 2 nitrogen and oxygen atoms in total. The molecule has 0 spiro atoms. The monoisotopic (exact) mass is 800 g/mol. The van der Waals surface area contributed by atoms with Crippen LogP contribution in [0.2, 0.25) is 0 Å². The van der Waals surface area contributed by atoms with Crippen LogP contribution in [0.4, 0.5) is 0 Å². The second kappa shape index (κ2) is 13.9. The molecule has 10 aromatic carbocycles. The molecule has 0 bridgehead atoms. The van der Waals surface area contributed by atoms with Crippen molar-refractivity contribution in [2.75, 3.05) is 0 Å². The van der Waals surface area contributed by atoms with Crippen LogP contribution in [0.25, 0.3) is 88.4 Å². The van der Waals surface area contributed by atoms with Gasteiger partial charge in [-0.1, -0.05) is 182 Å². The van der Waals surface area contributed by atoms with Crippen molar-refractivity contribution in [3.8, 4) is 44.8 Å². The molecular formula is C61H40N2. The lowest BCUT2D eigenvalue weighted by Crippen LogP contribution is -2.28. The molecule has 0 N–H and O–H groups in total. The summed E-state index contributed by atoms with van der Waals surface area (Å²) in [6.07, 6.45) is 0. The summed E-state index contributed by atoms with van der Waals surface area (Å²) in [7, 11) is 0. The van der Waals surface area contributed by atoms with Crippen LogP contribution in [0, 0.1) is 0 Å². The van der Waals surface area contributed by atoms with E-state index in [0.29, 0.717) is 0 Å². The van der Waals surface area contributed by atoms with Gasteiger partial charge in [-0.2, -0.15) is 0 Å². The lowest BCUT2D eigenvalue weighted by Gasteiger charge is -2.33. The van der Waals surface area contributed by atoms with E-state index < -0.39 is 5.41 Å². The zero-order chi connectivity index (χ0) is 41.5. The second-order valence-corrected chi connectivity index (χ2v) is 16.8. The van der Waals surface area contributed by atoms with Crippen LogP contribution in [0.5, 0.6) is 0 Å². The topological polar surface area (TPSA) is 9.86 Å². The van der Waals surface area contributed by atoms with Crippen LogP contribution >= 0.6 is 0 Å². The molecule has 294 valence electrons. The maximum atomic E-state index is 2.49. The number of fused-ring (bicyclic) bond motifs is 10. The molecule has 0 saturated heterocycles. The Labute approximate surface area is 366 Å². The Bertz CT molecular complexity index is 3670. The number of para-hydroxylation sites is 2. The van der Waals surface area contributed by atoms with Crippen LogP contribution in [-0.4, -0.2) is 9.13 Å². The van der Waals surface area contributed by atoms with E-state index >= 15 is 0 Å². The summed E-state index contributed by atoms with van der Waals surface area (Å²) in [4.78, 5) is 0. The summed E-state index contributed by atoms with van der Waals surface area (Å²) >= 11 is 0. The Morgan fingerprint density at radius 2 is 0.794 bits per heavy atom. The average molecular weight is 801 g/mol. The summed E-state index contributed by atoms with van der Waals surface area (Å²) in [6.45, 7) is 0. The van der Waals surface area contributed by atoms with Crippen LogP contribution in [0.15, 0.2) is 243 Å². The molecule has 0 aliphatic heterocycles. The van der Waals surface area contributed by atoms with Crippen LogP contribution in [0.1, 0.15) is 22.3 Å². The van der Waals surface area contributed by atoms with E-state index in [9.17, 15) is 0 Å². The first-order valence-corrected chi connectivity index (χ1v) is 21.8. The smallest absolute Gasteiger partial charge is 0.0713 e. The highest BCUT2D eigenvalue weighted by molar-refractivity contribution is 6.19. The minimum Gasteiger partial charge on any atom is -0.309 e.